The standard InChI is InChI=1S/C14H19NO3/c1-18-9-8-15(12-6-7-12)14(17)10-11-4-2-3-5-13(11)16/h2-5,12,16H,6-10H2,1H3. The van der Waals surface area contributed by atoms with Gasteiger partial charge in [-0.05, 0) is 18.9 Å². The summed E-state index contributed by atoms with van der Waals surface area (Å²) in [6, 6.07) is 7.36. The van der Waals surface area contributed by atoms with Gasteiger partial charge in [0.2, 0.25) is 5.91 Å². The average Bonchev–Trinajstić information content (AvgIpc) is 3.17. The number of phenols is 1. The molecule has 98 valence electrons. The van der Waals surface area contributed by atoms with E-state index < -0.39 is 0 Å². The van der Waals surface area contributed by atoms with E-state index in [1.165, 1.54) is 0 Å². The first-order chi connectivity index (χ1) is 8.72. The molecule has 0 spiro atoms. The maximum Gasteiger partial charge on any atom is 0.227 e. The fraction of sp³-hybridized carbons (Fsp3) is 0.500. The van der Waals surface area contributed by atoms with Crippen LogP contribution in [0.3, 0.4) is 0 Å². The number of methoxy groups -OCH3 is 1. The third-order valence-electron chi connectivity index (χ3n) is 3.18. The van der Waals surface area contributed by atoms with E-state index in [1.54, 1.807) is 25.3 Å². The minimum atomic E-state index is 0.0658. The van der Waals surface area contributed by atoms with Gasteiger partial charge >= 0.3 is 0 Å². The van der Waals surface area contributed by atoms with E-state index in [9.17, 15) is 9.90 Å². The van der Waals surface area contributed by atoms with Crippen LogP contribution in [0.15, 0.2) is 24.3 Å². The van der Waals surface area contributed by atoms with E-state index >= 15 is 0 Å². The number of para-hydroxylation sites is 1. The van der Waals surface area contributed by atoms with Crippen molar-refractivity contribution in [1.82, 2.24) is 4.90 Å². The number of nitrogens with zero attached hydrogens (tertiary/aromatic N) is 1. The van der Waals surface area contributed by atoms with Crippen LogP contribution in [-0.2, 0) is 16.0 Å². The van der Waals surface area contributed by atoms with Gasteiger partial charge in [-0.2, -0.15) is 0 Å². The highest BCUT2D eigenvalue weighted by Crippen LogP contribution is 2.28. The Labute approximate surface area is 107 Å². The molecule has 1 aliphatic rings. The molecule has 1 aromatic rings. The lowest BCUT2D eigenvalue weighted by Crippen LogP contribution is -2.36. The van der Waals surface area contributed by atoms with Crippen LogP contribution >= 0.6 is 0 Å². The number of benzene rings is 1. The predicted octanol–water partition coefficient (Wildman–Crippen LogP) is 1.57. The van der Waals surface area contributed by atoms with E-state index in [1.807, 2.05) is 11.0 Å². The van der Waals surface area contributed by atoms with E-state index in [2.05, 4.69) is 0 Å². The van der Waals surface area contributed by atoms with Gasteiger partial charge in [-0.1, -0.05) is 18.2 Å². The van der Waals surface area contributed by atoms with Gasteiger partial charge in [-0.15, -0.1) is 0 Å². The summed E-state index contributed by atoms with van der Waals surface area (Å²) in [6.45, 7) is 1.19. The van der Waals surface area contributed by atoms with Gasteiger partial charge in [0, 0.05) is 25.3 Å². The van der Waals surface area contributed by atoms with Gasteiger partial charge in [0.15, 0.2) is 0 Å². The van der Waals surface area contributed by atoms with Crippen molar-refractivity contribution in [3.63, 3.8) is 0 Å². The fourth-order valence-corrected chi connectivity index (χ4v) is 2.01. The highest BCUT2D eigenvalue weighted by molar-refractivity contribution is 5.80. The molecule has 2 rings (SSSR count). The zero-order valence-corrected chi connectivity index (χ0v) is 10.6. The highest BCUT2D eigenvalue weighted by atomic mass is 16.5. The van der Waals surface area contributed by atoms with Crippen LogP contribution < -0.4 is 0 Å². The van der Waals surface area contributed by atoms with Crippen LogP contribution in [0.1, 0.15) is 18.4 Å². The molecular formula is C14H19NO3. The Bertz CT molecular complexity index is 415. The average molecular weight is 249 g/mol. The smallest absolute Gasteiger partial charge is 0.227 e. The molecular weight excluding hydrogens is 230 g/mol. The van der Waals surface area contributed by atoms with E-state index in [4.69, 9.17) is 4.74 Å². The van der Waals surface area contributed by atoms with Gasteiger partial charge < -0.3 is 14.7 Å². The lowest BCUT2D eigenvalue weighted by molar-refractivity contribution is -0.131. The van der Waals surface area contributed by atoms with Crippen molar-refractivity contribution in [2.24, 2.45) is 0 Å². The van der Waals surface area contributed by atoms with Gasteiger partial charge in [0.1, 0.15) is 5.75 Å². The van der Waals surface area contributed by atoms with E-state index in [0.29, 0.717) is 24.8 Å². The maximum absolute atomic E-state index is 12.2. The Morgan fingerprint density at radius 2 is 2.17 bits per heavy atom. The molecule has 1 aliphatic carbocycles. The van der Waals surface area contributed by atoms with Crippen molar-refractivity contribution in [2.45, 2.75) is 25.3 Å². The second-order valence-corrected chi connectivity index (χ2v) is 4.62. The molecule has 0 radical (unpaired) electrons. The van der Waals surface area contributed by atoms with Crippen molar-refractivity contribution >= 4 is 5.91 Å². The molecule has 0 aliphatic heterocycles. The summed E-state index contributed by atoms with van der Waals surface area (Å²) in [7, 11) is 1.64. The molecule has 0 bridgehead atoms. The highest BCUT2D eigenvalue weighted by Gasteiger charge is 2.32. The number of carbonyl (C=O) groups is 1. The summed E-state index contributed by atoms with van der Waals surface area (Å²) in [5.74, 6) is 0.254. The number of hydrogen-bond donors (Lipinski definition) is 1. The third-order valence-corrected chi connectivity index (χ3v) is 3.18. The molecule has 1 amide bonds. The number of aromatic hydroxyl groups is 1. The zero-order chi connectivity index (χ0) is 13.0. The van der Waals surface area contributed by atoms with Gasteiger partial charge in [-0.3, -0.25) is 4.79 Å². The SMILES string of the molecule is COCCN(C(=O)Cc1ccccc1O)C1CC1. The Hall–Kier alpha value is -1.55. The molecule has 0 heterocycles. The lowest BCUT2D eigenvalue weighted by Gasteiger charge is -2.22. The Morgan fingerprint density at radius 3 is 2.78 bits per heavy atom. The molecule has 0 saturated heterocycles. The van der Waals surface area contributed by atoms with Gasteiger partial charge in [0.05, 0.1) is 13.0 Å². The molecule has 1 aromatic carbocycles. The van der Waals surface area contributed by atoms with Crippen LogP contribution in [0.2, 0.25) is 0 Å². The number of amides is 1. The van der Waals surface area contributed by atoms with Gasteiger partial charge in [0.25, 0.3) is 0 Å². The van der Waals surface area contributed by atoms with Crippen molar-refractivity contribution in [3.05, 3.63) is 29.8 Å². The Kier molecular flexibility index (Phi) is 4.20. The summed E-state index contributed by atoms with van der Waals surface area (Å²) in [4.78, 5) is 14.1. The monoisotopic (exact) mass is 249 g/mol. The molecule has 1 fully saturated rings. The quantitative estimate of drug-likeness (QED) is 0.832. The topological polar surface area (TPSA) is 49.8 Å². The molecule has 0 aromatic heterocycles. The minimum Gasteiger partial charge on any atom is -0.508 e. The summed E-state index contributed by atoms with van der Waals surface area (Å²) in [5.41, 5.74) is 0.686. The number of ether oxygens (including phenoxy) is 1. The van der Waals surface area contributed by atoms with Gasteiger partial charge in [-0.25, -0.2) is 0 Å². The molecule has 1 N–H and O–H groups in total. The lowest BCUT2D eigenvalue weighted by atomic mass is 10.1. The van der Waals surface area contributed by atoms with Crippen LogP contribution in [0, 0.1) is 0 Å². The predicted molar refractivity (Wildman–Crippen MR) is 68.4 cm³/mol. The second-order valence-electron chi connectivity index (χ2n) is 4.62. The zero-order valence-electron chi connectivity index (χ0n) is 10.6. The summed E-state index contributed by atoms with van der Waals surface area (Å²) in [6.07, 6.45) is 2.42. The van der Waals surface area contributed by atoms with Crippen molar-refractivity contribution in [3.8, 4) is 5.75 Å². The van der Waals surface area contributed by atoms with Crippen LogP contribution in [0.4, 0.5) is 0 Å². The Balaban J connectivity index is 1.98. The second kappa shape index (κ2) is 5.87. The van der Waals surface area contributed by atoms with E-state index in [-0.39, 0.29) is 18.1 Å². The molecule has 0 atom stereocenters. The van der Waals surface area contributed by atoms with Crippen molar-refractivity contribution in [1.29, 1.82) is 0 Å². The third kappa shape index (κ3) is 3.23. The first kappa shape index (κ1) is 12.9. The summed E-state index contributed by atoms with van der Waals surface area (Å²) in [5, 5.41) is 9.68. The Morgan fingerprint density at radius 1 is 1.44 bits per heavy atom. The first-order valence-electron chi connectivity index (χ1n) is 6.27. The van der Waals surface area contributed by atoms with Crippen molar-refractivity contribution < 1.29 is 14.6 Å². The first-order valence-corrected chi connectivity index (χ1v) is 6.27. The number of carbonyl (C=O) groups excluding carboxylic acids is 1. The molecule has 4 nitrogen and oxygen atoms in total. The van der Waals surface area contributed by atoms with Crippen LogP contribution in [0.5, 0.6) is 5.75 Å². The maximum atomic E-state index is 12.2. The normalized spacial score (nSPS) is 14.5. The van der Waals surface area contributed by atoms with E-state index in [0.717, 1.165) is 12.8 Å². The van der Waals surface area contributed by atoms with Crippen LogP contribution in [-0.4, -0.2) is 42.2 Å². The van der Waals surface area contributed by atoms with Crippen molar-refractivity contribution in [2.75, 3.05) is 20.3 Å². The number of phenolic OH excluding ortho intramolecular Hbond substituents is 1. The number of hydrogen-bond acceptors (Lipinski definition) is 3. The largest absolute Gasteiger partial charge is 0.508 e. The summed E-state index contributed by atoms with van der Waals surface area (Å²) < 4.78 is 5.03. The summed E-state index contributed by atoms with van der Waals surface area (Å²) >= 11 is 0. The molecule has 18 heavy (non-hydrogen) atoms. The molecule has 0 unspecified atom stereocenters. The fourth-order valence-electron chi connectivity index (χ4n) is 2.01. The molecule has 4 heteroatoms. The number of rotatable bonds is 6. The minimum absolute atomic E-state index is 0.0658. The van der Waals surface area contributed by atoms with Crippen LogP contribution in [0.25, 0.3) is 0 Å². The molecule has 1 saturated carbocycles.